The van der Waals surface area contributed by atoms with Crippen molar-refractivity contribution >= 4 is 5.84 Å². The van der Waals surface area contributed by atoms with Crippen LogP contribution >= 0.6 is 0 Å². The summed E-state index contributed by atoms with van der Waals surface area (Å²) in [5.41, 5.74) is -0.888. The summed E-state index contributed by atoms with van der Waals surface area (Å²) in [4.78, 5) is 0. The van der Waals surface area contributed by atoms with Crippen molar-refractivity contribution in [2.75, 3.05) is 19.8 Å². The predicted octanol–water partition coefficient (Wildman–Crippen LogP) is 1.06. The number of nitrogens with one attached hydrogen (secondary N) is 2. The van der Waals surface area contributed by atoms with Gasteiger partial charge in [0.15, 0.2) is 23.7 Å². The Hall–Kier alpha value is -2.08. The van der Waals surface area contributed by atoms with E-state index >= 15 is 0 Å². The molecule has 0 saturated carbocycles. The number of rotatable bonds is 4. The van der Waals surface area contributed by atoms with Crippen molar-refractivity contribution in [1.29, 1.82) is 5.41 Å². The highest BCUT2D eigenvalue weighted by molar-refractivity contribution is 5.97. The number of amidine groups is 1. The van der Waals surface area contributed by atoms with E-state index in [0.717, 1.165) is 6.07 Å². The van der Waals surface area contributed by atoms with Gasteiger partial charge >= 0.3 is 0 Å². The highest BCUT2D eigenvalue weighted by atomic mass is 19.2. The third-order valence-corrected chi connectivity index (χ3v) is 3.02. The standard InChI is InChI=1S/C14H13F3N2O3/c1-2-7(6-20)19-13(18)8-5-9(14-21-3-4-22-14)11(16)12(17)10(8)15/h1,5,7,14,20H,3-4,6H2,(H2,18,19)/t7-/m0/s1. The third kappa shape index (κ3) is 3.06. The van der Waals surface area contributed by atoms with Crippen LogP contribution in [0.4, 0.5) is 13.2 Å². The Balaban J connectivity index is 2.38. The molecule has 2 rings (SSSR count). The van der Waals surface area contributed by atoms with E-state index in [4.69, 9.17) is 26.4 Å². The lowest BCUT2D eigenvalue weighted by molar-refractivity contribution is -0.0469. The minimum atomic E-state index is -1.74. The van der Waals surface area contributed by atoms with Crippen molar-refractivity contribution in [2.24, 2.45) is 0 Å². The Kier molecular flexibility index (Phi) is 5.03. The first-order valence-electron chi connectivity index (χ1n) is 6.32. The summed E-state index contributed by atoms with van der Waals surface area (Å²) in [6.07, 6.45) is 3.93. The van der Waals surface area contributed by atoms with Gasteiger partial charge < -0.3 is 19.9 Å². The highest BCUT2D eigenvalue weighted by Crippen LogP contribution is 2.29. The lowest BCUT2D eigenvalue weighted by atomic mass is 10.1. The van der Waals surface area contributed by atoms with Crippen LogP contribution in [0.3, 0.4) is 0 Å². The van der Waals surface area contributed by atoms with Crippen LogP contribution in [0.2, 0.25) is 0 Å². The van der Waals surface area contributed by atoms with E-state index in [0.29, 0.717) is 0 Å². The predicted molar refractivity (Wildman–Crippen MR) is 70.6 cm³/mol. The number of terminal acetylenes is 1. The summed E-state index contributed by atoms with van der Waals surface area (Å²) < 4.78 is 51.5. The van der Waals surface area contributed by atoms with Crippen LogP contribution in [-0.4, -0.2) is 36.8 Å². The van der Waals surface area contributed by atoms with Crippen molar-refractivity contribution in [2.45, 2.75) is 12.3 Å². The van der Waals surface area contributed by atoms with Gasteiger partial charge in [-0.05, 0) is 6.07 Å². The van der Waals surface area contributed by atoms with Crippen molar-refractivity contribution in [1.82, 2.24) is 5.32 Å². The zero-order chi connectivity index (χ0) is 16.3. The van der Waals surface area contributed by atoms with E-state index in [9.17, 15) is 13.2 Å². The molecule has 0 aliphatic carbocycles. The van der Waals surface area contributed by atoms with E-state index in [1.54, 1.807) is 0 Å². The molecule has 0 unspecified atom stereocenters. The average molecular weight is 314 g/mol. The molecule has 3 N–H and O–H groups in total. The molecule has 1 fully saturated rings. The molecule has 0 bridgehead atoms. The topological polar surface area (TPSA) is 74.6 Å². The normalized spacial score (nSPS) is 16.3. The molecule has 1 aliphatic rings. The molecule has 1 aromatic carbocycles. The van der Waals surface area contributed by atoms with Crippen LogP contribution in [-0.2, 0) is 9.47 Å². The number of benzene rings is 1. The van der Waals surface area contributed by atoms with Gasteiger partial charge in [0.2, 0.25) is 0 Å². The third-order valence-electron chi connectivity index (χ3n) is 3.02. The molecule has 1 atom stereocenters. The second-order valence-electron chi connectivity index (χ2n) is 4.45. The quantitative estimate of drug-likeness (QED) is 0.336. The molecule has 0 aromatic heterocycles. The van der Waals surface area contributed by atoms with Crippen molar-refractivity contribution in [3.63, 3.8) is 0 Å². The number of ether oxygens (including phenoxy) is 2. The number of hydrogen-bond acceptors (Lipinski definition) is 4. The Morgan fingerprint density at radius 3 is 2.55 bits per heavy atom. The molecule has 1 aromatic rings. The van der Waals surface area contributed by atoms with Crippen LogP contribution in [0.15, 0.2) is 6.07 Å². The van der Waals surface area contributed by atoms with Crippen molar-refractivity contribution in [3.8, 4) is 12.3 Å². The molecule has 0 radical (unpaired) electrons. The van der Waals surface area contributed by atoms with Crippen molar-refractivity contribution in [3.05, 3.63) is 34.6 Å². The summed E-state index contributed by atoms with van der Waals surface area (Å²) >= 11 is 0. The first kappa shape index (κ1) is 16.3. The van der Waals surface area contributed by atoms with Gasteiger partial charge in [-0.3, -0.25) is 5.41 Å². The lowest BCUT2D eigenvalue weighted by Crippen LogP contribution is -2.37. The molecule has 1 saturated heterocycles. The maximum Gasteiger partial charge on any atom is 0.195 e. The van der Waals surface area contributed by atoms with Gasteiger partial charge in [-0.2, -0.15) is 0 Å². The zero-order valence-corrected chi connectivity index (χ0v) is 11.3. The van der Waals surface area contributed by atoms with Gasteiger partial charge in [-0.1, -0.05) is 5.92 Å². The molecule has 118 valence electrons. The van der Waals surface area contributed by atoms with E-state index < -0.39 is 47.8 Å². The van der Waals surface area contributed by atoms with Gasteiger partial charge in [0.1, 0.15) is 11.9 Å². The maximum absolute atomic E-state index is 13.8. The zero-order valence-electron chi connectivity index (χ0n) is 11.3. The Labute approximate surface area is 124 Å². The number of halogens is 3. The Bertz CT molecular complexity index is 625. The summed E-state index contributed by atoms with van der Waals surface area (Å²) in [5.74, 6) is -3.17. The fourth-order valence-corrected chi connectivity index (χ4v) is 1.91. The smallest absolute Gasteiger partial charge is 0.195 e. The molecular formula is C14H13F3N2O3. The SMILES string of the molecule is C#C[C@@H](CO)NC(=N)c1cc(C2OCCO2)c(F)c(F)c1F. The summed E-state index contributed by atoms with van der Waals surface area (Å²) in [5, 5.41) is 19.0. The van der Waals surface area contributed by atoms with Crippen LogP contribution in [0.25, 0.3) is 0 Å². The monoisotopic (exact) mass is 314 g/mol. The molecule has 0 spiro atoms. The first-order valence-corrected chi connectivity index (χ1v) is 6.32. The highest BCUT2D eigenvalue weighted by Gasteiger charge is 2.29. The Morgan fingerprint density at radius 1 is 1.36 bits per heavy atom. The molecule has 22 heavy (non-hydrogen) atoms. The van der Waals surface area contributed by atoms with Crippen LogP contribution < -0.4 is 5.32 Å². The minimum Gasteiger partial charge on any atom is -0.393 e. The van der Waals surface area contributed by atoms with E-state index in [1.165, 1.54) is 0 Å². The molecule has 1 aliphatic heterocycles. The van der Waals surface area contributed by atoms with E-state index in [2.05, 4.69) is 11.2 Å². The van der Waals surface area contributed by atoms with Gasteiger partial charge in [0.05, 0.1) is 25.4 Å². The maximum atomic E-state index is 13.8. The fraction of sp³-hybridized carbons (Fsp3) is 0.357. The summed E-state index contributed by atoms with van der Waals surface area (Å²) in [6, 6.07) is -0.0354. The minimum absolute atomic E-state index is 0.192. The van der Waals surface area contributed by atoms with Gasteiger partial charge in [0, 0.05) is 5.56 Å². The molecule has 5 nitrogen and oxygen atoms in total. The van der Waals surface area contributed by atoms with E-state index in [-0.39, 0.29) is 18.8 Å². The second-order valence-corrected chi connectivity index (χ2v) is 4.45. The van der Waals surface area contributed by atoms with Crippen LogP contribution in [0, 0.1) is 35.2 Å². The van der Waals surface area contributed by atoms with E-state index in [1.807, 2.05) is 0 Å². The van der Waals surface area contributed by atoms with Crippen LogP contribution in [0.1, 0.15) is 17.4 Å². The molecule has 8 heteroatoms. The summed E-state index contributed by atoms with van der Waals surface area (Å²) in [6.45, 7) is -0.124. The summed E-state index contributed by atoms with van der Waals surface area (Å²) in [7, 11) is 0. The first-order chi connectivity index (χ1) is 10.5. The number of aliphatic hydroxyl groups is 1. The second kappa shape index (κ2) is 6.79. The van der Waals surface area contributed by atoms with Gasteiger partial charge in [0.25, 0.3) is 0 Å². The largest absolute Gasteiger partial charge is 0.393 e. The number of hydrogen-bond donors (Lipinski definition) is 3. The van der Waals surface area contributed by atoms with Gasteiger partial charge in [-0.25, -0.2) is 13.2 Å². The average Bonchev–Trinajstić information content (AvgIpc) is 3.04. The lowest BCUT2D eigenvalue weighted by Gasteiger charge is -2.17. The number of aliphatic hydroxyl groups excluding tert-OH is 1. The molecule has 1 heterocycles. The Morgan fingerprint density at radius 2 is 2.00 bits per heavy atom. The molecule has 0 amide bonds. The van der Waals surface area contributed by atoms with Crippen molar-refractivity contribution < 1.29 is 27.8 Å². The van der Waals surface area contributed by atoms with Crippen LogP contribution in [0.5, 0.6) is 0 Å². The fourth-order valence-electron chi connectivity index (χ4n) is 1.91. The molecular weight excluding hydrogens is 301 g/mol. The van der Waals surface area contributed by atoms with Gasteiger partial charge in [-0.15, -0.1) is 6.42 Å².